The van der Waals surface area contributed by atoms with Gasteiger partial charge in [0.1, 0.15) is 24.1 Å². The van der Waals surface area contributed by atoms with Crippen LogP contribution in [0.5, 0.6) is 0 Å². The lowest BCUT2D eigenvalue weighted by molar-refractivity contribution is -0.176. The zero-order chi connectivity index (χ0) is 26.9. The number of carbonyl (C=O) groups excluding carboxylic acids is 1. The minimum Gasteiger partial charge on any atom is -0.388 e. The largest absolute Gasteiger partial charge is 0.388 e. The zero-order valence-electron chi connectivity index (χ0n) is 24.9. The van der Waals surface area contributed by atoms with Crippen molar-refractivity contribution in [3.63, 3.8) is 0 Å². The molecule has 212 valence electrons. The summed E-state index contributed by atoms with van der Waals surface area (Å²) in [7, 11) is 0. The van der Waals surface area contributed by atoms with Crippen LogP contribution in [0.15, 0.2) is 11.6 Å². The fraction of sp³-hybridized carbons (Fsp3) is 0.912. The molecular weight excluding hydrogens is 472 g/mol. The predicted molar refractivity (Wildman–Crippen MR) is 148 cm³/mol. The van der Waals surface area contributed by atoms with E-state index in [9.17, 15) is 9.90 Å². The van der Waals surface area contributed by atoms with E-state index in [2.05, 4.69) is 47.6 Å². The number of hydrogen-bond acceptors (Lipinski definition) is 4. The van der Waals surface area contributed by atoms with Crippen LogP contribution in [0.3, 0.4) is 0 Å². The van der Waals surface area contributed by atoms with Crippen molar-refractivity contribution in [3.05, 3.63) is 11.6 Å². The van der Waals surface area contributed by atoms with E-state index in [1.54, 1.807) is 5.57 Å². The van der Waals surface area contributed by atoms with Crippen LogP contribution in [0.25, 0.3) is 0 Å². The molecule has 7 rings (SSSR count). The first-order valence-corrected chi connectivity index (χ1v) is 16.0. The molecule has 2 aliphatic heterocycles. The number of ether oxygens (including phenoxy) is 2. The number of fused-ring (bicyclic) bond motifs is 8. The van der Waals surface area contributed by atoms with E-state index in [0.29, 0.717) is 35.6 Å². The quantitative estimate of drug-likeness (QED) is 0.316. The molecule has 2 saturated heterocycles. The molecule has 11 unspecified atom stereocenters. The van der Waals surface area contributed by atoms with Crippen LogP contribution in [-0.4, -0.2) is 41.9 Å². The molecule has 4 saturated carbocycles. The summed E-state index contributed by atoms with van der Waals surface area (Å²) < 4.78 is 12.0. The maximum absolute atomic E-state index is 12.7. The summed E-state index contributed by atoms with van der Waals surface area (Å²) in [5.74, 6) is 2.53. The third-order valence-electron chi connectivity index (χ3n) is 14.6. The van der Waals surface area contributed by atoms with Crippen molar-refractivity contribution in [1.29, 1.82) is 0 Å². The number of carbonyl (C=O) groups is 1. The molecule has 2 heterocycles. The van der Waals surface area contributed by atoms with E-state index < -0.39 is 6.10 Å². The van der Waals surface area contributed by atoms with Gasteiger partial charge >= 0.3 is 0 Å². The number of rotatable bonds is 2. The lowest BCUT2D eigenvalue weighted by atomic mass is 9.34. The summed E-state index contributed by atoms with van der Waals surface area (Å²) in [6.45, 7) is 15.7. The van der Waals surface area contributed by atoms with Gasteiger partial charge in [-0.3, -0.25) is 4.79 Å². The molecule has 7 aliphatic rings. The number of allylic oxidation sites excluding steroid dienone is 2. The highest BCUT2D eigenvalue weighted by molar-refractivity contribution is 5.82. The summed E-state index contributed by atoms with van der Waals surface area (Å²) in [6, 6.07) is 0. The van der Waals surface area contributed by atoms with Crippen LogP contribution in [0.1, 0.15) is 112 Å². The van der Waals surface area contributed by atoms with Gasteiger partial charge in [-0.2, -0.15) is 0 Å². The molecule has 12 atom stereocenters. The number of aliphatic hydroxyl groups excluding tert-OH is 1. The molecule has 1 N–H and O–H groups in total. The van der Waals surface area contributed by atoms with E-state index >= 15 is 0 Å². The Morgan fingerprint density at radius 1 is 1.03 bits per heavy atom. The van der Waals surface area contributed by atoms with Crippen LogP contribution < -0.4 is 0 Å². The SMILES string of the molecule is CC1C(=O)CCC2(C)C1CCC1(C)C2CC=C2C3CC(C)(C)CCC3(CC3OCC4OC4C3O)CC[C@]21C. The van der Waals surface area contributed by atoms with Gasteiger partial charge in [-0.15, -0.1) is 0 Å². The Hall–Kier alpha value is -0.710. The Morgan fingerprint density at radius 3 is 2.58 bits per heavy atom. The smallest absolute Gasteiger partial charge is 0.136 e. The Bertz CT molecular complexity index is 1050. The van der Waals surface area contributed by atoms with Crippen molar-refractivity contribution < 1.29 is 19.4 Å². The molecule has 0 radical (unpaired) electrons. The summed E-state index contributed by atoms with van der Waals surface area (Å²) in [6.07, 6.45) is 15.1. The molecule has 6 fully saturated rings. The van der Waals surface area contributed by atoms with Crippen molar-refractivity contribution >= 4 is 5.78 Å². The van der Waals surface area contributed by atoms with Gasteiger partial charge in [-0.05, 0) is 109 Å². The van der Waals surface area contributed by atoms with Gasteiger partial charge in [0.15, 0.2) is 0 Å². The van der Waals surface area contributed by atoms with Crippen molar-refractivity contribution in [1.82, 2.24) is 0 Å². The second-order valence-corrected chi connectivity index (χ2v) is 16.6. The summed E-state index contributed by atoms with van der Waals surface area (Å²) >= 11 is 0. The van der Waals surface area contributed by atoms with Gasteiger partial charge in [0.05, 0.1) is 12.7 Å². The highest BCUT2D eigenvalue weighted by Gasteiger charge is 2.67. The minimum absolute atomic E-state index is 0.00625. The lowest BCUT2D eigenvalue weighted by Crippen LogP contribution is -2.63. The Balaban J connectivity index is 1.25. The normalized spacial score (nSPS) is 56.9. The van der Waals surface area contributed by atoms with Gasteiger partial charge < -0.3 is 14.6 Å². The molecule has 5 aliphatic carbocycles. The van der Waals surface area contributed by atoms with Crippen molar-refractivity contribution in [2.75, 3.05) is 6.61 Å². The number of aliphatic hydroxyl groups is 1. The van der Waals surface area contributed by atoms with Gasteiger partial charge in [-0.1, -0.05) is 53.2 Å². The molecule has 4 nitrogen and oxygen atoms in total. The first-order valence-electron chi connectivity index (χ1n) is 16.0. The average molecular weight is 525 g/mol. The van der Waals surface area contributed by atoms with E-state index in [0.717, 1.165) is 19.3 Å². The highest BCUT2D eigenvalue weighted by Crippen LogP contribution is 2.75. The molecule has 0 aromatic rings. The molecular formula is C34H52O4. The summed E-state index contributed by atoms with van der Waals surface area (Å²) in [4.78, 5) is 12.7. The topological polar surface area (TPSA) is 59.1 Å². The van der Waals surface area contributed by atoms with Crippen LogP contribution in [0.4, 0.5) is 0 Å². The third kappa shape index (κ3) is 3.41. The molecule has 0 bridgehead atoms. The zero-order valence-corrected chi connectivity index (χ0v) is 24.9. The Morgan fingerprint density at radius 2 is 1.79 bits per heavy atom. The number of epoxide rings is 1. The van der Waals surface area contributed by atoms with E-state index in [4.69, 9.17) is 9.47 Å². The first kappa shape index (κ1) is 26.2. The maximum Gasteiger partial charge on any atom is 0.136 e. The Labute approximate surface area is 230 Å². The van der Waals surface area contributed by atoms with Crippen LogP contribution in [-0.2, 0) is 14.3 Å². The second-order valence-electron chi connectivity index (χ2n) is 16.6. The lowest BCUT2D eigenvalue weighted by Gasteiger charge is -2.70. The number of ketones is 1. The van der Waals surface area contributed by atoms with E-state index in [-0.39, 0.29) is 45.9 Å². The second kappa shape index (κ2) is 8.19. The van der Waals surface area contributed by atoms with Crippen molar-refractivity contribution in [3.8, 4) is 0 Å². The minimum atomic E-state index is -0.472. The monoisotopic (exact) mass is 524 g/mol. The molecule has 38 heavy (non-hydrogen) atoms. The van der Waals surface area contributed by atoms with Gasteiger partial charge in [0.2, 0.25) is 0 Å². The van der Waals surface area contributed by atoms with Crippen molar-refractivity contribution in [2.45, 2.75) is 137 Å². The van der Waals surface area contributed by atoms with Crippen LogP contribution in [0.2, 0.25) is 0 Å². The van der Waals surface area contributed by atoms with Gasteiger partial charge in [0, 0.05) is 12.3 Å². The summed E-state index contributed by atoms with van der Waals surface area (Å²) in [5, 5.41) is 11.1. The maximum atomic E-state index is 12.7. The summed E-state index contributed by atoms with van der Waals surface area (Å²) in [5.41, 5.74) is 3.11. The van der Waals surface area contributed by atoms with Crippen molar-refractivity contribution in [2.24, 2.45) is 50.7 Å². The first-order chi connectivity index (χ1) is 17.8. The molecule has 0 aromatic heterocycles. The molecule has 0 amide bonds. The highest BCUT2D eigenvalue weighted by atomic mass is 16.6. The van der Waals surface area contributed by atoms with Gasteiger partial charge in [-0.25, -0.2) is 0 Å². The fourth-order valence-electron chi connectivity index (χ4n) is 11.8. The van der Waals surface area contributed by atoms with E-state index in [1.807, 2.05) is 0 Å². The standard InChI is InChI=1S/C34H52O4/c1-20-21-9-12-33(6)27(31(21,4)11-10-24(20)35)8-7-22-23-17-30(2,3)13-15-34(23,16-14-32(22,33)5)18-25-28(36)29-26(38-29)19-37-25/h7,20-21,23,25-29,36H,8-19H2,1-6H3/t20?,21?,23?,25?,26?,27?,28?,29?,31?,32-,33?,34?/m1/s1. The molecule has 4 heteroatoms. The number of hydrogen-bond donors (Lipinski definition) is 1. The average Bonchev–Trinajstić information content (AvgIpc) is 3.65. The predicted octanol–water partition coefficient (Wildman–Crippen LogP) is 6.88. The molecule has 0 aromatic carbocycles. The Kier molecular flexibility index (Phi) is 5.65. The third-order valence-corrected chi connectivity index (χ3v) is 14.6. The van der Waals surface area contributed by atoms with Crippen LogP contribution in [0, 0.1) is 50.7 Å². The molecule has 0 spiro atoms. The fourth-order valence-corrected chi connectivity index (χ4v) is 11.8. The van der Waals surface area contributed by atoms with E-state index in [1.165, 1.54) is 51.4 Å². The van der Waals surface area contributed by atoms with Crippen LogP contribution >= 0.6 is 0 Å². The van der Waals surface area contributed by atoms with Gasteiger partial charge in [0.25, 0.3) is 0 Å². The number of Topliss-reactive ketones (excluding diaryl/α,β-unsaturated/α-hetero) is 1.